The van der Waals surface area contributed by atoms with E-state index < -0.39 is 62.8 Å². The van der Waals surface area contributed by atoms with Crippen molar-refractivity contribution in [2.45, 2.75) is 40.0 Å². The molecular weight excluding hydrogens is 1050 g/mol. The Balaban J connectivity index is 0.000000903. The summed E-state index contributed by atoms with van der Waals surface area (Å²) < 4.78 is 100. The summed E-state index contributed by atoms with van der Waals surface area (Å²) in [7, 11) is 0. The molecule has 25 heteroatoms. The fraction of sp³-hybridized carbons (Fsp3) is 0.178. The fourth-order valence-electron chi connectivity index (χ4n) is 4.78. The van der Waals surface area contributed by atoms with Crippen LogP contribution in [0.1, 0.15) is 52.3 Å². The SMILES string of the molecule is CCOC(=O)/C=C(/N)c1ccccc1.CCOC(=O)c1oc(C)nc1-c1ccccc1.Cc1nc(-c2ccccc2)c(C(=O)O)o1.O.O=C(OI(OC(=O)C(F)(F)F)c1ccccc1)C(F)(F)F.[Li+].[OH-]. The van der Waals surface area contributed by atoms with Gasteiger partial charge in [-0.15, -0.1) is 0 Å². The number of oxazole rings is 2. The van der Waals surface area contributed by atoms with Crippen LogP contribution < -0.4 is 24.6 Å². The molecule has 2 aromatic heterocycles. The second-order valence-electron chi connectivity index (χ2n) is 12.5. The number of hydrogen-bond donors (Lipinski definition) is 2. The van der Waals surface area contributed by atoms with Gasteiger partial charge in [0.1, 0.15) is 11.4 Å². The maximum atomic E-state index is 12.1. The molecule has 0 fully saturated rings. The number of alkyl halides is 6. The number of esters is 2. The van der Waals surface area contributed by atoms with Crippen LogP contribution in [0.5, 0.6) is 0 Å². The number of benzene rings is 4. The van der Waals surface area contributed by atoms with Gasteiger partial charge in [-0.1, -0.05) is 91.0 Å². The van der Waals surface area contributed by atoms with E-state index >= 15 is 0 Å². The molecule has 0 unspecified atom stereocenters. The molecule has 6 aromatic rings. The van der Waals surface area contributed by atoms with Gasteiger partial charge >= 0.3 is 158 Å². The third-order valence-electron chi connectivity index (χ3n) is 7.54. The van der Waals surface area contributed by atoms with E-state index in [2.05, 4.69) is 16.1 Å². The Morgan fingerprint density at radius 3 is 1.40 bits per heavy atom. The number of carboxylic acids is 1. The number of nitrogens with zero attached hydrogens (tertiary/aromatic N) is 2. The predicted molar refractivity (Wildman–Crippen MR) is 241 cm³/mol. The molecule has 6 rings (SSSR count). The van der Waals surface area contributed by atoms with Crippen LogP contribution >= 0.6 is 20.6 Å². The molecule has 0 radical (unpaired) electrons. The summed E-state index contributed by atoms with van der Waals surface area (Å²) >= 11 is -4.25. The number of aromatic nitrogens is 2. The molecule has 4 aromatic carbocycles. The van der Waals surface area contributed by atoms with Crippen molar-refractivity contribution in [2.75, 3.05) is 13.2 Å². The molecule has 0 bridgehead atoms. The zero-order chi connectivity index (χ0) is 49.7. The van der Waals surface area contributed by atoms with Crippen molar-refractivity contribution in [1.29, 1.82) is 0 Å². The molecule has 0 spiro atoms. The van der Waals surface area contributed by atoms with Gasteiger partial charge in [0.25, 0.3) is 0 Å². The molecule has 17 nitrogen and oxygen atoms in total. The summed E-state index contributed by atoms with van der Waals surface area (Å²) in [6.07, 6.45) is -9.52. The van der Waals surface area contributed by atoms with Gasteiger partial charge in [0, 0.05) is 36.7 Å². The number of halogens is 7. The average Bonchev–Trinajstić information content (AvgIpc) is 3.90. The number of carbonyl (C=O) groups is 5. The Morgan fingerprint density at radius 1 is 0.643 bits per heavy atom. The Hall–Kier alpha value is -6.98. The average molecular weight is 1100 g/mol. The van der Waals surface area contributed by atoms with E-state index in [1.165, 1.54) is 24.3 Å². The van der Waals surface area contributed by atoms with Crippen LogP contribution in [-0.2, 0) is 30.0 Å². The van der Waals surface area contributed by atoms with Gasteiger partial charge in [0.2, 0.25) is 11.5 Å². The van der Waals surface area contributed by atoms with E-state index in [9.17, 15) is 50.3 Å². The van der Waals surface area contributed by atoms with Crippen LogP contribution in [0.3, 0.4) is 0 Å². The largest absolute Gasteiger partial charge is 1.00 e. The first-order valence-electron chi connectivity index (χ1n) is 19.2. The molecule has 0 aliphatic rings. The van der Waals surface area contributed by atoms with Gasteiger partial charge in [-0.05, 0) is 19.4 Å². The van der Waals surface area contributed by atoms with E-state index in [1.54, 1.807) is 39.8 Å². The van der Waals surface area contributed by atoms with Gasteiger partial charge < -0.3 is 40.1 Å². The van der Waals surface area contributed by atoms with Crippen molar-refractivity contribution in [3.63, 3.8) is 0 Å². The van der Waals surface area contributed by atoms with E-state index in [0.29, 0.717) is 42.1 Å². The first kappa shape index (κ1) is 63.0. The predicted octanol–water partition coefficient (Wildman–Crippen LogP) is 6.13. The normalized spacial score (nSPS) is 10.7. The molecule has 6 N–H and O–H groups in total. The standard InChI is InChI=1S/C13H13NO3.C11H9NO3.C11H13NO2.C10H5F6IO4.Li.2H2O/c1-3-16-13(15)12-11(14-9(2)17-12)10-7-5-4-6-8-10;1-7-12-9(10(15-7)11(13)14)8-5-3-2-4-6-8;1-2-14-11(13)8-10(12)9-6-4-3-5-7-9;11-9(12,13)7(18)20-17(6-4-2-1-3-5-6)21-8(19)10(14,15)16;;;/h4-8H,3H2,1-2H3;2-6H,1H3,(H,13,14);3-8H,2,12H2,1H3;1-5H;;2*1H2/q;;;;+1;;/p-1/b;;10-8+;;;;. The van der Waals surface area contributed by atoms with E-state index in [4.69, 9.17) is 29.1 Å². The maximum absolute atomic E-state index is 12.1. The minimum atomic E-state index is -5.41. The molecule has 2 heterocycles. The number of ether oxygens (including phenoxy) is 2. The Bertz CT molecular complexity index is 2560. The molecule has 70 heavy (non-hydrogen) atoms. The van der Waals surface area contributed by atoms with E-state index in [-0.39, 0.29) is 44.9 Å². The second-order valence-corrected chi connectivity index (χ2v) is 15.9. The van der Waals surface area contributed by atoms with Crippen LogP contribution in [0, 0.1) is 17.4 Å². The van der Waals surface area contributed by atoms with Gasteiger partial charge in [-0.2, -0.15) is 0 Å². The molecule has 0 atom stereocenters. The number of aryl methyl sites for hydroxylation is 2. The number of aromatic carboxylic acids is 1. The minimum absolute atomic E-state index is 0. The van der Waals surface area contributed by atoms with E-state index in [0.717, 1.165) is 28.8 Å². The third kappa shape index (κ3) is 20.7. The summed E-state index contributed by atoms with van der Waals surface area (Å²) in [6.45, 7) is 7.51. The number of rotatable bonds is 11. The van der Waals surface area contributed by atoms with Gasteiger partial charge in [-0.3, -0.25) is 0 Å². The molecule has 0 aliphatic heterocycles. The van der Waals surface area contributed by atoms with Crippen molar-refractivity contribution in [3.05, 3.63) is 160 Å². The number of carboxylic acid groups (broad SMARTS) is 1. The molecule has 0 saturated carbocycles. The fourth-order valence-corrected chi connectivity index (χ4v) is 7.61. The van der Waals surface area contributed by atoms with Gasteiger partial charge in [-0.25, -0.2) is 24.4 Å². The third-order valence-corrected chi connectivity index (χ3v) is 10.9. The Morgan fingerprint density at radius 2 is 1.01 bits per heavy atom. The summed E-state index contributed by atoms with van der Waals surface area (Å²) in [5.41, 5.74) is 9.41. The van der Waals surface area contributed by atoms with Crippen molar-refractivity contribution >= 4 is 56.2 Å². The maximum Gasteiger partial charge on any atom is 1.00 e. The van der Waals surface area contributed by atoms with E-state index in [1.807, 2.05) is 78.9 Å². The van der Waals surface area contributed by atoms with Gasteiger partial charge in [0.05, 0.1) is 13.2 Å². The van der Waals surface area contributed by atoms with Crippen molar-refractivity contribution in [2.24, 2.45) is 5.73 Å². The summed E-state index contributed by atoms with van der Waals surface area (Å²) in [6, 6.07) is 34.0. The first-order valence-corrected chi connectivity index (χ1v) is 22.0. The van der Waals surface area contributed by atoms with Gasteiger partial charge in [0.15, 0.2) is 11.8 Å². The zero-order valence-electron chi connectivity index (χ0n) is 37.5. The van der Waals surface area contributed by atoms with Crippen LogP contribution in [0.25, 0.3) is 28.2 Å². The first-order chi connectivity index (χ1) is 31.7. The smallest absolute Gasteiger partial charge is 0.870 e. The van der Waals surface area contributed by atoms with Crippen LogP contribution in [-0.4, -0.2) is 81.4 Å². The summed E-state index contributed by atoms with van der Waals surface area (Å²) in [4.78, 5) is 63.3. The van der Waals surface area contributed by atoms with Crippen LogP contribution in [0.2, 0.25) is 0 Å². The molecular formula is C45H43F6ILiN3O14. The molecule has 372 valence electrons. The summed E-state index contributed by atoms with van der Waals surface area (Å²) in [5.74, 6) is -6.57. The molecule has 0 amide bonds. The Labute approximate surface area is 415 Å². The zero-order valence-corrected chi connectivity index (χ0v) is 39.7. The van der Waals surface area contributed by atoms with Crippen molar-refractivity contribution in [1.82, 2.24) is 9.97 Å². The Kier molecular flexibility index (Phi) is 27.5. The molecule has 0 aliphatic carbocycles. The molecule has 0 saturated heterocycles. The number of hydrogen-bond acceptors (Lipinski definition) is 15. The second kappa shape index (κ2) is 30.5. The van der Waals surface area contributed by atoms with Crippen molar-refractivity contribution < 1.29 is 110 Å². The minimum Gasteiger partial charge on any atom is -0.870 e. The number of carbonyl (C=O) groups excluding carboxylic acids is 4. The van der Waals surface area contributed by atoms with Crippen LogP contribution in [0.4, 0.5) is 26.3 Å². The summed E-state index contributed by atoms with van der Waals surface area (Å²) in [5, 5.41) is 8.91. The topological polar surface area (TPSA) is 282 Å². The monoisotopic (exact) mass is 1100 g/mol. The number of nitrogens with two attached hydrogens (primary N) is 1. The van der Waals surface area contributed by atoms with Crippen molar-refractivity contribution in [3.8, 4) is 22.5 Å². The quantitative estimate of drug-likeness (QED) is 0.0485. The van der Waals surface area contributed by atoms with Crippen LogP contribution in [0.15, 0.2) is 136 Å².